The molecule has 88 valence electrons. The summed E-state index contributed by atoms with van der Waals surface area (Å²) in [7, 11) is 0. The molecule has 1 saturated heterocycles. The van der Waals surface area contributed by atoms with Gasteiger partial charge in [0.25, 0.3) is 0 Å². The Labute approximate surface area is 90.6 Å². The Morgan fingerprint density at radius 3 is 2.93 bits per heavy atom. The zero-order valence-corrected chi connectivity index (χ0v) is 9.28. The first-order valence-corrected chi connectivity index (χ1v) is 5.74. The summed E-state index contributed by atoms with van der Waals surface area (Å²) < 4.78 is 10.8. The van der Waals surface area contributed by atoms with Gasteiger partial charge in [-0.1, -0.05) is 19.8 Å². The van der Waals surface area contributed by atoms with Gasteiger partial charge in [-0.3, -0.25) is 0 Å². The van der Waals surface area contributed by atoms with Crippen LogP contribution in [0.1, 0.15) is 45.4 Å². The predicted molar refractivity (Wildman–Crippen MR) is 55.6 cm³/mol. The molecule has 15 heavy (non-hydrogen) atoms. The van der Waals surface area contributed by atoms with Crippen molar-refractivity contribution in [3.63, 3.8) is 0 Å². The molecule has 0 saturated carbocycles. The zero-order valence-electron chi connectivity index (χ0n) is 9.28. The van der Waals surface area contributed by atoms with Crippen LogP contribution in [0.3, 0.4) is 0 Å². The van der Waals surface area contributed by atoms with Crippen molar-refractivity contribution in [3.05, 3.63) is 0 Å². The van der Waals surface area contributed by atoms with Crippen LogP contribution >= 0.6 is 0 Å². The van der Waals surface area contributed by atoms with Crippen molar-refractivity contribution in [1.82, 2.24) is 0 Å². The minimum atomic E-state index is -0.877. The van der Waals surface area contributed by atoms with Gasteiger partial charge in [-0.15, -0.1) is 0 Å². The van der Waals surface area contributed by atoms with E-state index in [1.165, 1.54) is 0 Å². The molecular formula is C11H20O4. The number of ether oxygens (including phenoxy) is 2. The molecule has 0 spiro atoms. The molecule has 2 atom stereocenters. The molecule has 1 unspecified atom stereocenters. The highest BCUT2D eigenvalue weighted by molar-refractivity contribution is 5.72. The van der Waals surface area contributed by atoms with Crippen LogP contribution in [0.25, 0.3) is 0 Å². The molecule has 0 bridgehead atoms. The van der Waals surface area contributed by atoms with E-state index in [1.54, 1.807) is 0 Å². The summed E-state index contributed by atoms with van der Waals surface area (Å²) in [6.45, 7) is 2.72. The van der Waals surface area contributed by atoms with Crippen LogP contribution in [0.2, 0.25) is 0 Å². The first kappa shape index (κ1) is 12.5. The Bertz CT molecular complexity index is 187. The summed E-state index contributed by atoms with van der Waals surface area (Å²) in [6.07, 6.45) is 4.35. The van der Waals surface area contributed by atoms with Gasteiger partial charge < -0.3 is 14.6 Å². The molecule has 0 radical (unpaired) electrons. The van der Waals surface area contributed by atoms with Crippen LogP contribution in [0.4, 0.5) is 0 Å². The van der Waals surface area contributed by atoms with Gasteiger partial charge >= 0.3 is 5.97 Å². The molecular weight excluding hydrogens is 196 g/mol. The third kappa shape index (κ3) is 4.62. The maximum absolute atomic E-state index is 10.9. The molecule has 1 fully saturated rings. The Morgan fingerprint density at radius 1 is 1.60 bits per heavy atom. The van der Waals surface area contributed by atoms with Crippen molar-refractivity contribution in [2.75, 3.05) is 6.61 Å². The van der Waals surface area contributed by atoms with E-state index in [0.29, 0.717) is 13.0 Å². The third-order valence-electron chi connectivity index (χ3n) is 2.55. The average Bonchev–Trinajstić information content (AvgIpc) is 2.25. The van der Waals surface area contributed by atoms with Crippen LogP contribution in [-0.4, -0.2) is 30.1 Å². The van der Waals surface area contributed by atoms with E-state index in [4.69, 9.17) is 14.6 Å². The number of unbranched alkanes of at least 4 members (excludes halogenated alkanes) is 1. The minimum absolute atomic E-state index is 0.309. The van der Waals surface area contributed by atoms with E-state index in [2.05, 4.69) is 0 Å². The average molecular weight is 216 g/mol. The molecule has 1 rings (SSSR count). The number of hydrogen-bond donors (Lipinski definition) is 1. The highest BCUT2D eigenvalue weighted by Crippen LogP contribution is 2.17. The van der Waals surface area contributed by atoms with Crippen LogP contribution < -0.4 is 0 Å². The van der Waals surface area contributed by atoms with Gasteiger partial charge in [-0.05, 0) is 25.7 Å². The van der Waals surface area contributed by atoms with Crippen LogP contribution in [0.15, 0.2) is 0 Å². The molecule has 4 nitrogen and oxygen atoms in total. The summed E-state index contributed by atoms with van der Waals surface area (Å²) in [5, 5.41) is 8.95. The molecule has 1 N–H and O–H groups in total. The first-order valence-electron chi connectivity index (χ1n) is 5.74. The number of carbonyl (C=O) groups is 1. The molecule has 0 aliphatic carbocycles. The lowest BCUT2D eigenvalue weighted by Gasteiger charge is -2.25. The van der Waals surface area contributed by atoms with Crippen molar-refractivity contribution < 1.29 is 19.4 Å². The number of rotatable bonds is 6. The second-order valence-electron chi connectivity index (χ2n) is 3.90. The fourth-order valence-corrected chi connectivity index (χ4v) is 1.64. The number of aliphatic carboxylic acids is 1. The molecule has 4 heteroatoms. The summed E-state index contributed by atoms with van der Waals surface area (Å²) in [5.41, 5.74) is 0. The standard InChI is InChI=1S/C11H20O4/c1-2-3-6-9(11(12)13)15-10-7-4-5-8-14-10/h9-10H,2-8H2,1H3,(H,12,13)/t9?,10-/m1/s1. The van der Waals surface area contributed by atoms with Gasteiger partial charge in [-0.2, -0.15) is 0 Å². The van der Waals surface area contributed by atoms with Gasteiger partial charge in [0.2, 0.25) is 0 Å². The number of carboxylic acid groups (broad SMARTS) is 1. The van der Waals surface area contributed by atoms with Crippen LogP contribution in [0.5, 0.6) is 0 Å². The fourth-order valence-electron chi connectivity index (χ4n) is 1.64. The second-order valence-corrected chi connectivity index (χ2v) is 3.90. The third-order valence-corrected chi connectivity index (χ3v) is 2.55. The van der Waals surface area contributed by atoms with Gasteiger partial charge in [0.1, 0.15) is 0 Å². The Morgan fingerprint density at radius 2 is 2.40 bits per heavy atom. The summed E-state index contributed by atoms with van der Waals surface area (Å²) >= 11 is 0. The number of hydrogen-bond acceptors (Lipinski definition) is 3. The van der Waals surface area contributed by atoms with Gasteiger partial charge in [0.05, 0.1) is 0 Å². The van der Waals surface area contributed by atoms with E-state index < -0.39 is 12.1 Å². The van der Waals surface area contributed by atoms with Crippen molar-refractivity contribution in [3.8, 4) is 0 Å². The smallest absolute Gasteiger partial charge is 0.332 e. The SMILES string of the molecule is CCCCC(O[C@@H]1CCCCO1)C(=O)O. The van der Waals surface area contributed by atoms with E-state index in [1.807, 2.05) is 6.92 Å². The van der Waals surface area contributed by atoms with Crippen molar-refractivity contribution in [2.24, 2.45) is 0 Å². The van der Waals surface area contributed by atoms with Crippen molar-refractivity contribution in [2.45, 2.75) is 57.8 Å². The topological polar surface area (TPSA) is 55.8 Å². The summed E-state index contributed by atoms with van der Waals surface area (Å²) in [6, 6.07) is 0. The van der Waals surface area contributed by atoms with Crippen LogP contribution in [-0.2, 0) is 14.3 Å². The maximum Gasteiger partial charge on any atom is 0.332 e. The zero-order chi connectivity index (χ0) is 11.1. The molecule has 0 aromatic carbocycles. The summed E-state index contributed by atoms with van der Waals surface area (Å²) in [4.78, 5) is 10.9. The van der Waals surface area contributed by atoms with Gasteiger partial charge in [0.15, 0.2) is 12.4 Å². The fraction of sp³-hybridized carbons (Fsp3) is 0.909. The maximum atomic E-state index is 10.9. The van der Waals surface area contributed by atoms with E-state index in [0.717, 1.165) is 32.1 Å². The van der Waals surface area contributed by atoms with Crippen molar-refractivity contribution >= 4 is 5.97 Å². The Balaban J connectivity index is 2.31. The lowest BCUT2D eigenvalue weighted by Crippen LogP contribution is -2.32. The molecule has 1 aliphatic heterocycles. The highest BCUT2D eigenvalue weighted by Gasteiger charge is 2.24. The minimum Gasteiger partial charge on any atom is -0.479 e. The predicted octanol–water partition coefficient (Wildman–Crippen LogP) is 2.17. The molecule has 0 aromatic rings. The lowest BCUT2D eigenvalue weighted by atomic mass is 10.1. The number of carboxylic acids is 1. The van der Waals surface area contributed by atoms with E-state index in [9.17, 15) is 4.79 Å². The monoisotopic (exact) mass is 216 g/mol. The normalized spacial score (nSPS) is 23.7. The largest absolute Gasteiger partial charge is 0.479 e. The molecule has 0 amide bonds. The van der Waals surface area contributed by atoms with Gasteiger partial charge in [0, 0.05) is 6.61 Å². The lowest BCUT2D eigenvalue weighted by molar-refractivity contribution is -0.201. The van der Waals surface area contributed by atoms with Crippen molar-refractivity contribution in [1.29, 1.82) is 0 Å². The Kier molecular flexibility index (Phi) is 5.65. The summed E-state index contributed by atoms with van der Waals surface area (Å²) in [5.74, 6) is -0.877. The Hall–Kier alpha value is -0.610. The van der Waals surface area contributed by atoms with Crippen LogP contribution in [0, 0.1) is 0 Å². The molecule has 0 aromatic heterocycles. The molecule has 1 aliphatic rings. The first-order chi connectivity index (χ1) is 7.24. The van der Waals surface area contributed by atoms with E-state index >= 15 is 0 Å². The van der Waals surface area contributed by atoms with Gasteiger partial charge in [-0.25, -0.2) is 4.79 Å². The quantitative estimate of drug-likeness (QED) is 0.739. The van der Waals surface area contributed by atoms with E-state index in [-0.39, 0.29) is 6.29 Å². The second kappa shape index (κ2) is 6.80. The highest BCUT2D eigenvalue weighted by atomic mass is 16.7. The molecule has 1 heterocycles.